The van der Waals surface area contributed by atoms with E-state index in [0.717, 1.165) is 0 Å². The Hall–Kier alpha value is -3.01. The highest BCUT2D eigenvalue weighted by Gasteiger charge is 2.06. The Morgan fingerprint density at radius 2 is 1.90 bits per heavy atom. The summed E-state index contributed by atoms with van der Waals surface area (Å²) in [6.45, 7) is 0.872. The summed E-state index contributed by atoms with van der Waals surface area (Å²) in [4.78, 5) is 0. The van der Waals surface area contributed by atoms with Gasteiger partial charge in [0.05, 0.1) is 6.61 Å². The van der Waals surface area contributed by atoms with E-state index >= 15 is 0 Å². The van der Waals surface area contributed by atoms with Gasteiger partial charge in [0.1, 0.15) is 36.3 Å². The molecule has 0 aliphatic carbocycles. The smallest absolute Gasteiger partial charge is 0.163 e. The zero-order valence-corrected chi connectivity index (χ0v) is 10.9. The zero-order chi connectivity index (χ0) is 14.8. The quantitative estimate of drug-likeness (QED) is 0.625. The van der Waals surface area contributed by atoms with Crippen molar-refractivity contribution in [3.63, 3.8) is 0 Å². The number of rotatable bonds is 6. The van der Waals surface area contributed by atoms with Crippen LogP contribution >= 0.6 is 0 Å². The van der Waals surface area contributed by atoms with Crippen molar-refractivity contribution in [1.82, 2.24) is 0 Å². The molecule has 1 N–H and O–H groups in total. The van der Waals surface area contributed by atoms with Crippen LogP contribution in [0.15, 0.2) is 35.5 Å². The Morgan fingerprint density at radius 3 is 2.50 bits per heavy atom. The van der Waals surface area contributed by atoms with Crippen LogP contribution in [0.5, 0.6) is 5.75 Å². The number of nitriles is 3. The molecule has 6 nitrogen and oxygen atoms in total. The van der Waals surface area contributed by atoms with Gasteiger partial charge in [0.15, 0.2) is 5.57 Å². The largest absolute Gasteiger partial charge is 0.491 e. The minimum Gasteiger partial charge on any atom is -0.491 e. The summed E-state index contributed by atoms with van der Waals surface area (Å²) in [7, 11) is 1.58. The molecule has 0 aliphatic heterocycles. The van der Waals surface area contributed by atoms with E-state index < -0.39 is 0 Å². The minimum atomic E-state index is -0.266. The Morgan fingerprint density at radius 1 is 1.15 bits per heavy atom. The normalized spacial score (nSPS) is 8.70. The predicted octanol–water partition coefficient (Wildman–Crippen LogP) is 1.95. The number of anilines is 1. The molecule has 0 aromatic heterocycles. The van der Waals surface area contributed by atoms with Gasteiger partial charge in [-0.2, -0.15) is 15.8 Å². The van der Waals surface area contributed by atoms with Gasteiger partial charge in [-0.3, -0.25) is 0 Å². The third-order valence-electron chi connectivity index (χ3n) is 2.24. The summed E-state index contributed by atoms with van der Waals surface area (Å²) in [6, 6.07) is 12.0. The standard InChI is InChI=1S/C14H12N4O2/c1-19-5-6-20-13-4-2-3-12(7-13)18-14(10-17)11(8-15)9-16/h2-4,7,18H,5-6H2,1H3. The van der Waals surface area contributed by atoms with E-state index in [1.807, 2.05) is 0 Å². The number of benzene rings is 1. The van der Waals surface area contributed by atoms with E-state index in [1.54, 1.807) is 49.6 Å². The van der Waals surface area contributed by atoms with Gasteiger partial charge in [0.2, 0.25) is 0 Å². The van der Waals surface area contributed by atoms with Crippen LogP contribution < -0.4 is 10.1 Å². The van der Waals surface area contributed by atoms with Crippen LogP contribution in [0, 0.1) is 34.0 Å². The highest BCUT2D eigenvalue weighted by molar-refractivity contribution is 5.59. The van der Waals surface area contributed by atoms with Crippen LogP contribution in [0.3, 0.4) is 0 Å². The Kier molecular flexibility index (Phi) is 6.14. The Balaban J connectivity index is 2.86. The van der Waals surface area contributed by atoms with E-state index in [4.69, 9.17) is 25.3 Å². The number of ether oxygens (including phenoxy) is 2. The molecule has 0 heterocycles. The molecule has 20 heavy (non-hydrogen) atoms. The second-order valence-electron chi connectivity index (χ2n) is 3.58. The predicted molar refractivity (Wildman–Crippen MR) is 71.3 cm³/mol. The van der Waals surface area contributed by atoms with Gasteiger partial charge >= 0.3 is 0 Å². The second-order valence-corrected chi connectivity index (χ2v) is 3.58. The third-order valence-corrected chi connectivity index (χ3v) is 2.24. The maximum absolute atomic E-state index is 8.94. The van der Waals surface area contributed by atoms with Gasteiger partial charge in [0.25, 0.3) is 0 Å². The van der Waals surface area contributed by atoms with Crippen molar-refractivity contribution in [3.05, 3.63) is 35.5 Å². The molecule has 100 valence electrons. The van der Waals surface area contributed by atoms with Crippen molar-refractivity contribution < 1.29 is 9.47 Å². The molecular weight excluding hydrogens is 256 g/mol. The van der Waals surface area contributed by atoms with Crippen molar-refractivity contribution in [2.75, 3.05) is 25.6 Å². The summed E-state index contributed by atoms with van der Waals surface area (Å²) < 4.78 is 10.3. The molecular formula is C14H12N4O2. The van der Waals surface area contributed by atoms with Gasteiger partial charge < -0.3 is 14.8 Å². The van der Waals surface area contributed by atoms with Crippen molar-refractivity contribution in [2.45, 2.75) is 0 Å². The molecule has 0 saturated carbocycles. The molecule has 0 fully saturated rings. The fourth-order valence-corrected chi connectivity index (χ4v) is 1.33. The number of nitrogens with zero attached hydrogens (tertiary/aromatic N) is 3. The number of hydrogen-bond acceptors (Lipinski definition) is 6. The highest BCUT2D eigenvalue weighted by Crippen LogP contribution is 2.19. The molecule has 1 rings (SSSR count). The molecule has 0 unspecified atom stereocenters. The summed E-state index contributed by atoms with van der Waals surface area (Å²) >= 11 is 0. The van der Waals surface area contributed by atoms with Crippen molar-refractivity contribution in [1.29, 1.82) is 15.8 Å². The number of hydrogen-bond donors (Lipinski definition) is 1. The van der Waals surface area contributed by atoms with E-state index in [9.17, 15) is 0 Å². The van der Waals surface area contributed by atoms with Crippen LogP contribution in [-0.2, 0) is 4.74 Å². The maximum Gasteiger partial charge on any atom is 0.163 e. The van der Waals surface area contributed by atoms with Crippen LogP contribution in [0.1, 0.15) is 0 Å². The van der Waals surface area contributed by atoms with Gasteiger partial charge in [-0.15, -0.1) is 0 Å². The average Bonchev–Trinajstić information content (AvgIpc) is 2.48. The lowest BCUT2D eigenvalue weighted by Crippen LogP contribution is -2.05. The second kappa shape index (κ2) is 8.16. The first-order chi connectivity index (χ1) is 9.74. The molecule has 0 bridgehead atoms. The van der Waals surface area contributed by atoms with Gasteiger partial charge in [0, 0.05) is 18.9 Å². The van der Waals surface area contributed by atoms with Crippen molar-refractivity contribution in [3.8, 4) is 24.0 Å². The average molecular weight is 268 g/mol. The maximum atomic E-state index is 8.94. The first kappa shape index (κ1) is 15.0. The molecule has 0 amide bonds. The molecule has 0 saturated heterocycles. The lowest BCUT2D eigenvalue weighted by Gasteiger charge is -2.08. The minimum absolute atomic E-state index is 0.0935. The SMILES string of the molecule is COCCOc1cccc(NC(C#N)=C(C#N)C#N)c1. The van der Waals surface area contributed by atoms with E-state index in [-0.39, 0.29) is 11.3 Å². The van der Waals surface area contributed by atoms with Crippen LogP contribution in [0.4, 0.5) is 5.69 Å². The van der Waals surface area contributed by atoms with E-state index in [2.05, 4.69) is 5.32 Å². The molecule has 0 aliphatic rings. The number of methoxy groups -OCH3 is 1. The summed E-state index contributed by atoms with van der Waals surface area (Å²) in [5, 5.41) is 29.2. The van der Waals surface area contributed by atoms with E-state index in [1.165, 1.54) is 0 Å². The van der Waals surface area contributed by atoms with Gasteiger partial charge in [-0.05, 0) is 12.1 Å². The molecule has 0 spiro atoms. The first-order valence-electron chi connectivity index (χ1n) is 5.68. The van der Waals surface area contributed by atoms with Gasteiger partial charge in [-0.25, -0.2) is 0 Å². The lowest BCUT2D eigenvalue weighted by atomic mass is 10.2. The topological polar surface area (TPSA) is 102 Å². The molecule has 0 radical (unpaired) electrons. The molecule has 1 aromatic rings. The van der Waals surface area contributed by atoms with Gasteiger partial charge in [-0.1, -0.05) is 6.07 Å². The Labute approximate surface area is 117 Å². The Bertz CT molecular complexity index is 601. The lowest BCUT2D eigenvalue weighted by molar-refractivity contribution is 0.146. The van der Waals surface area contributed by atoms with Crippen molar-refractivity contribution in [2.24, 2.45) is 0 Å². The zero-order valence-electron chi connectivity index (χ0n) is 10.9. The van der Waals surface area contributed by atoms with Crippen LogP contribution in [0.25, 0.3) is 0 Å². The summed E-state index contributed by atoms with van der Waals surface area (Å²) in [5.41, 5.74) is 0.196. The fourth-order valence-electron chi connectivity index (χ4n) is 1.33. The molecule has 0 atom stereocenters. The first-order valence-corrected chi connectivity index (χ1v) is 5.68. The van der Waals surface area contributed by atoms with Crippen LogP contribution in [-0.4, -0.2) is 20.3 Å². The summed E-state index contributed by atoms with van der Waals surface area (Å²) in [5.74, 6) is 0.597. The summed E-state index contributed by atoms with van der Waals surface area (Å²) in [6.07, 6.45) is 0. The van der Waals surface area contributed by atoms with Crippen LogP contribution in [0.2, 0.25) is 0 Å². The molecule has 1 aromatic carbocycles. The van der Waals surface area contributed by atoms with Crippen molar-refractivity contribution >= 4 is 5.69 Å². The molecule has 6 heteroatoms. The third kappa shape index (κ3) is 4.34. The number of nitrogens with one attached hydrogen (secondary N) is 1. The van der Waals surface area contributed by atoms with E-state index in [0.29, 0.717) is 24.7 Å². The highest BCUT2D eigenvalue weighted by atomic mass is 16.5. The number of allylic oxidation sites excluding steroid dienone is 2. The fraction of sp³-hybridized carbons (Fsp3) is 0.214. The monoisotopic (exact) mass is 268 g/mol.